The summed E-state index contributed by atoms with van der Waals surface area (Å²) in [4.78, 5) is 21.1. The lowest BCUT2D eigenvalue weighted by Crippen LogP contribution is -2.19. The van der Waals surface area contributed by atoms with Crippen LogP contribution in [0.2, 0.25) is 5.02 Å². The molecule has 0 aliphatic rings. The van der Waals surface area contributed by atoms with Crippen molar-refractivity contribution in [1.82, 2.24) is 14.5 Å². The van der Waals surface area contributed by atoms with Crippen molar-refractivity contribution in [3.05, 3.63) is 63.2 Å². The molecule has 0 radical (unpaired) electrons. The van der Waals surface area contributed by atoms with Gasteiger partial charge in [0.1, 0.15) is 5.69 Å². The Labute approximate surface area is 198 Å². The first-order valence-corrected chi connectivity index (χ1v) is 12.7. The molecule has 176 valence electrons. The van der Waals surface area contributed by atoms with E-state index < -0.39 is 9.84 Å². The van der Waals surface area contributed by atoms with Crippen molar-refractivity contribution >= 4 is 27.1 Å². The van der Waals surface area contributed by atoms with E-state index in [2.05, 4.69) is 15.3 Å². The standard InChI is InChI=1S/C23H27ClN4O4S/c1-5-6-10-33(30,31)14-17-12-19(16-11-20(25-3)22(29)28(4)13-16)27-23(26-17)32-21-15(2)8-7-9-18(21)24/h7-9,11-13,25H,5-6,10,14H2,1-4H3. The second kappa shape index (κ2) is 10.4. The van der Waals surface area contributed by atoms with Gasteiger partial charge in [0.05, 0.1) is 27.9 Å². The molecule has 0 amide bonds. The van der Waals surface area contributed by atoms with Gasteiger partial charge in [-0.3, -0.25) is 4.79 Å². The summed E-state index contributed by atoms with van der Waals surface area (Å²) in [6.07, 6.45) is 2.99. The number of hydrogen-bond acceptors (Lipinski definition) is 7. The molecule has 10 heteroatoms. The smallest absolute Gasteiger partial charge is 0.322 e. The third kappa shape index (κ3) is 6.11. The molecule has 3 rings (SSSR count). The summed E-state index contributed by atoms with van der Waals surface area (Å²) in [5, 5.41) is 3.26. The SMILES string of the molecule is CCCCS(=O)(=O)Cc1cc(-c2cc(NC)c(=O)n(C)c2)nc(Oc2c(C)cccc2Cl)n1. The summed E-state index contributed by atoms with van der Waals surface area (Å²) in [6.45, 7) is 3.78. The van der Waals surface area contributed by atoms with Crippen molar-refractivity contribution in [1.29, 1.82) is 0 Å². The molecule has 0 fully saturated rings. The molecule has 1 N–H and O–H groups in total. The molecule has 0 aliphatic heterocycles. The zero-order chi connectivity index (χ0) is 24.2. The topological polar surface area (TPSA) is 103 Å². The van der Waals surface area contributed by atoms with Gasteiger partial charge in [-0.15, -0.1) is 0 Å². The average Bonchev–Trinajstić information content (AvgIpc) is 2.76. The summed E-state index contributed by atoms with van der Waals surface area (Å²) < 4.78 is 32.6. The Morgan fingerprint density at radius 2 is 1.97 bits per heavy atom. The zero-order valence-corrected chi connectivity index (χ0v) is 20.6. The number of hydrogen-bond donors (Lipinski definition) is 1. The second-order valence-electron chi connectivity index (χ2n) is 7.77. The number of anilines is 1. The van der Waals surface area contributed by atoms with Crippen LogP contribution in [0.15, 0.2) is 41.3 Å². The second-order valence-corrected chi connectivity index (χ2v) is 10.4. The molecule has 2 aromatic heterocycles. The van der Waals surface area contributed by atoms with Crippen LogP contribution in [0.5, 0.6) is 11.8 Å². The number of sulfone groups is 1. The number of nitrogens with zero attached hydrogens (tertiary/aromatic N) is 3. The molecule has 1 aromatic carbocycles. The molecule has 0 spiro atoms. The lowest BCUT2D eigenvalue weighted by atomic mass is 10.1. The molecule has 0 atom stereocenters. The summed E-state index contributed by atoms with van der Waals surface area (Å²) >= 11 is 6.29. The number of rotatable bonds is 9. The molecular formula is C23H27ClN4O4S. The van der Waals surface area contributed by atoms with Gasteiger partial charge in [-0.05, 0) is 37.1 Å². The monoisotopic (exact) mass is 490 g/mol. The Morgan fingerprint density at radius 1 is 1.21 bits per heavy atom. The number of aryl methyl sites for hydroxylation is 2. The quantitative estimate of drug-likeness (QED) is 0.475. The molecule has 0 aliphatic carbocycles. The summed E-state index contributed by atoms with van der Waals surface area (Å²) in [5.74, 6) is 0.227. The summed E-state index contributed by atoms with van der Waals surface area (Å²) in [5.41, 5.74) is 2.31. The Hall–Kier alpha value is -2.91. The van der Waals surface area contributed by atoms with Crippen molar-refractivity contribution in [2.75, 3.05) is 18.1 Å². The van der Waals surface area contributed by atoms with Crippen molar-refractivity contribution in [3.63, 3.8) is 0 Å². The van der Waals surface area contributed by atoms with Gasteiger partial charge in [0.25, 0.3) is 5.56 Å². The summed E-state index contributed by atoms with van der Waals surface area (Å²) in [6, 6.07) is 8.57. The van der Waals surface area contributed by atoms with E-state index in [1.807, 2.05) is 19.9 Å². The van der Waals surface area contributed by atoms with Crippen LogP contribution in [0.25, 0.3) is 11.3 Å². The zero-order valence-electron chi connectivity index (χ0n) is 19.1. The first-order valence-electron chi connectivity index (χ1n) is 10.5. The highest BCUT2D eigenvalue weighted by molar-refractivity contribution is 7.90. The van der Waals surface area contributed by atoms with Gasteiger partial charge in [0.2, 0.25) is 0 Å². The molecule has 33 heavy (non-hydrogen) atoms. The Bertz CT molecular complexity index is 1300. The van der Waals surface area contributed by atoms with E-state index in [0.29, 0.717) is 39.8 Å². The maximum absolute atomic E-state index is 12.6. The first kappa shape index (κ1) is 24.7. The minimum atomic E-state index is -3.37. The molecule has 0 saturated heterocycles. The normalized spacial score (nSPS) is 11.4. The maximum Gasteiger partial charge on any atom is 0.322 e. The molecule has 0 saturated carbocycles. The van der Waals surface area contributed by atoms with E-state index in [9.17, 15) is 13.2 Å². The van der Waals surface area contributed by atoms with Gasteiger partial charge in [0, 0.05) is 25.9 Å². The minimum absolute atomic E-state index is 0.0238. The fourth-order valence-electron chi connectivity index (χ4n) is 3.27. The molecular weight excluding hydrogens is 464 g/mol. The molecule has 0 unspecified atom stereocenters. The lowest BCUT2D eigenvalue weighted by Gasteiger charge is -2.13. The molecule has 2 heterocycles. The highest BCUT2D eigenvalue weighted by Gasteiger charge is 2.18. The lowest BCUT2D eigenvalue weighted by molar-refractivity contribution is 0.438. The number of nitrogens with one attached hydrogen (secondary N) is 1. The van der Waals surface area contributed by atoms with Crippen LogP contribution in [0, 0.1) is 6.92 Å². The van der Waals surface area contributed by atoms with Crippen molar-refractivity contribution in [3.8, 4) is 23.0 Å². The van der Waals surface area contributed by atoms with E-state index in [1.54, 1.807) is 44.6 Å². The van der Waals surface area contributed by atoms with E-state index in [1.165, 1.54) is 4.57 Å². The summed E-state index contributed by atoms with van der Waals surface area (Å²) in [7, 11) is -0.0817. The number of para-hydroxylation sites is 1. The third-order valence-electron chi connectivity index (χ3n) is 5.04. The molecule has 3 aromatic rings. The van der Waals surface area contributed by atoms with E-state index in [4.69, 9.17) is 16.3 Å². The highest BCUT2D eigenvalue weighted by Crippen LogP contribution is 2.32. The van der Waals surface area contributed by atoms with Crippen LogP contribution >= 0.6 is 11.6 Å². The predicted octanol–water partition coefficient (Wildman–Crippen LogP) is 4.35. The largest absolute Gasteiger partial charge is 0.422 e. The average molecular weight is 491 g/mol. The number of halogens is 1. The highest BCUT2D eigenvalue weighted by atomic mass is 35.5. The van der Waals surface area contributed by atoms with Crippen LogP contribution in [0.4, 0.5) is 5.69 Å². The van der Waals surface area contributed by atoms with Crippen molar-refractivity contribution < 1.29 is 13.2 Å². The Balaban J connectivity index is 2.12. The van der Waals surface area contributed by atoms with Gasteiger partial charge in [-0.1, -0.05) is 37.1 Å². The van der Waals surface area contributed by atoms with E-state index in [0.717, 1.165) is 12.0 Å². The van der Waals surface area contributed by atoms with Gasteiger partial charge in [-0.25, -0.2) is 8.42 Å². The van der Waals surface area contributed by atoms with Gasteiger partial charge in [0.15, 0.2) is 15.6 Å². The van der Waals surface area contributed by atoms with E-state index in [-0.39, 0.29) is 23.1 Å². The van der Waals surface area contributed by atoms with Gasteiger partial charge >= 0.3 is 6.01 Å². The van der Waals surface area contributed by atoms with Gasteiger partial charge < -0.3 is 14.6 Å². The maximum atomic E-state index is 12.6. The molecule has 0 bridgehead atoms. The number of ether oxygens (including phenoxy) is 1. The first-order chi connectivity index (χ1) is 15.6. The van der Waals surface area contributed by atoms with Crippen molar-refractivity contribution in [2.24, 2.45) is 7.05 Å². The predicted molar refractivity (Wildman–Crippen MR) is 131 cm³/mol. The van der Waals surface area contributed by atoms with Crippen LogP contribution in [0.3, 0.4) is 0 Å². The number of unbranched alkanes of at least 4 members (excludes halogenated alkanes) is 1. The van der Waals surface area contributed by atoms with Crippen LogP contribution in [-0.2, 0) is 22.6 Å². The van der Waals surface area contributed by atoms with Crippen LogP contribution < -0.4 is 15.6 Å². The van der Waals surface area contributed by atoms with Crippen molar-refractivity contribution in [2.45, 2.75) is 32.4 Å². The number of pyridine rings is 1. The number of benzene rings is 1. The fourth-order valence-corrected chi connectivity index (χ4v) is 5.00. The number of aromatic nitrogens is 3. The van der Waals surface area contributed by atoms with Crippen LogP contribution in [-0.4, -0.2) is 35.8 Å². The van der Waals surface area contributed by atoms with Gasteiger partial charge in [-0.2, -0.15) is 9.97 Å². The van der Waals surface area contributed by atoms with Crippen LogP contribution in [0.1, 0.15) is 31.0 Å². The Kier molecular flexibility index (Phi) is 7.76. The fraction of sp³-hybridized carbons (Fsp3) is 0.348. The minimum Gasteiger partial charge on any atom is -0.422 e. The Morgan fingerprint density at radius 3 is 2.64 bits per heavy atom. The molecule has 8 nitrogen and oxygen atoms in total. The van der Waals surface area contributed by atoms with E-state index >= 15 is 0 Å². The third-order valence-corrected chi connectivity index (χ3v) is 6.98.